The average Bonchev–Trinajstić information content (AvgIpc) is 3.54. The fraction of sp³-hybridized carbons (Fsp3) is 0.300. The molecule has 3 aromatic heterocycles. The SMILES string of the molecule is CC(C)(C)C(=O)/C=C(\O)C(C)(C)C.CC(C)(C)c1cc(-c2cc(-c3cc4oc5ccccc5c4o3)ccn2)[c-]c2ccccc12.[Ir]. The summed E-state index contributed by atoms with van der Waals surface area (Å²) < 4.78 is 12.2. The number of carbonyl (C=O) groups excluding carboxylic acids is 1. The van der Waals surface area contributed by atoms with Crippen LogP contribution in [-0.4, -0.2) is 15.9 Å². The van der Waals surface area contributed by atoms with Crippen molar-refractivity contribution in [2.24, 2.45) is 10.8 Å². The quantitative estimate of drug-likeness (QED) is 0.110. The van der Waals surface area contributed by atoms with E-state index in [4.69, 9.17) is 8.83 Å². The van der Waals surface area contributed by atoms with Gasteiger partial charge >= 0.3 is 0 Å². The number of nitrogens with zero attached hydrogens (tertiary/aromatic N) is 1. The molecule has 0 aliphatic heterocycles. The molecule has 241 valence electrons. The molecule has 0 amide bonds. The first-order valence-corrected chi connectivity index (χ1v) is 15.3. The smallest absolute Gasteiger partial charge is 0.181 e. The van der Waals surface area contributed by atoms with E-state index in [2.05, 4.69) is 68.2 Å². The second-order valence-corrected chi connectivity index (χ2v) is 14.6. The van der Waals surface area contributed by atoms with Crippen molar-refractivity contribution >= 4 is 38.7 Å². The van der Waals surface area contributed by atoms with E-state index in [1.807, 2.05) is 84.1 Å². The minimum Gasteiger partial charge on any atom is -0.512 e. The average molecular weight is 793 g/mol. The number of aromatic nitrogens is 1. The number of carbonyl (C=O) groups is 1. The number of hydrogen-bond donors (Lipinski definition) is 1. The Balaban J connectivity index is 0.000000295. The van der Waals surface area contributed by atoms with Gasteiger partial charge in [-0.15, -0.1) is 29.1 Å². The second-order valence-electron chi connectivity index (χ2n) is 14.6. The Morgan fingerprint density at radius 3 is 2.09 bits per heavy atom. The van der Waals surface area contributed by atoms with Crippen LogP contribution in [-0.2, 0) is 30.3 Å². The molecular weight excluding hydrogens is 751 g/mol. The molecule has 3 aromatic carbocycles. The van der Waals surface area contributed by atoms with Crippen LogP contribution in [0.15, 0.2) is 99.7 Å². The first kappa shape index (κ1) is 34.9. The summed E-state index contributed by atoms with van der Waals surface area (Å²) in [5, 5.41) is 12.9. The second kappa shape index (κ2) is 13.0. The Morgan fingerprint density at radius 2 is 1.43 bits per heavy atom. The van der Waals surface area contributed by atoms with Crippen molar-refractivity contribution in [2.75, 3.05) is 0 Å². The third-order valence-corrected chi connectivity index (χ3v) is 7.73. The summed E-state index contributed by atoms with van der Waals surface area (Å²) in [4.78, 5) is 16.1. The minimum atomic E-state index is -0.417. The number of furan rings is 2. The maximum absolute atomic E-state index is 11.5. The van der Waals surface area contributed by atoms with E-state index in [0.717, 1.165) is 50.1 Å². The van der Waals surface area contributed by atoms with Crippen molar-refractivity contribution in [2.45, 2.75) is 67.7 Å². The number of aliphatic hydroxyl groups is 1. The number of aliphatic hydroxyl groups excluding tert-OH is 1. The molecule has 1 radical (unpaired) electrons. The van der Waals surface area contributed by atoms with Crippen LogP contribution in [0.1, 0.15) is 67.9 Å². The summed E-state index contributed by atoms with van der Waals surface area (Å²) in [5.41, 5.74) is 5.72. The Bertz CT molecular complexity index is 2040. The largest absolute Gasteiger partial charge is 0.512 e. The summed E-state index contributed by atoms with van der Waals surface area (Å²) in [6.07, 6.45) is 3.16. The predicted molar refractivity (Wildman–Crippen MR) is 184 cm³/mol. The molecule has 0 unspecified atom stereocenters. The number of ketones is 1. The molecule has 0 atom stereocenters. The van der Waals surface area contributed by atoms with Gasteiger partial charge < -0.3 is 13.9 Å². The van der Waals surface area contributed by atoms with E-state index >= 15 is 0 Å². The number of rotatable bonds is 3. The van der Waals surface area contributed by atoms with E-state index < -0.39 is 5.41 Å². The van der Waals surface area contributed by atoms with Gasteiger partial charge in [0.25, 0.3) is 0 Å². The van der Waals surface area contributed by atoms with E-state index in [9.17, 15) is 9.90 Å². The first-order valence-electron chi connectivity index (χ1n) is 15.3. The molecule has 3 heterocycles. The fourth-order valence-electron chi connectivity index (χ4n) is 4.92. The molecule has 0 fully saturated rings. The molecule has 0 spiro atoms. The molecule has 6 heteroatoms. The number of pyridine rings is 1. The Kier molecular flexibility index (Phi) is 9.87. The molecule has 6 aromatic rings. The van der Waals surface area contributed by atoms with Crippen molar-refractivity contribution in [1.29, 1.82) is 0 Å². The number of hydrogen-bond acceptors (Lipinski definition) is 5. The summed E-state index contributed by atoms with van der Waals surface area (Å²) in [7, 11) is 0. The molecule has 0 saturated heterocycles. The molecule has 0 aliphatic carbocycles. The van der Waals surface area contributed by atoms with E-state index in [0.29, 0.717) is 0 Å². The first-order chi connectivity index (χ1) is 21.0. The van der Waals surface area contributed by atoms with Crippen molar-refractivity contribution in [1.82, 2.24) is 4.98 Å². The van der Waals surface area contributed by atoms with Crippen LogP contribution in [0.2, 0.25) is 0 Å². The van der Waals surface area contributed by atoms with Crippen LogP contribution in [0.25, 0.3) is 55.5 Å². The number of allylic oxidation sites excluding steroid dienone is 2. The third-order valence-electron chi connectivity index (χ3n) is 7.73. The van der Waals surface area contributed by atoms with Gasteiger partial charge in [0.2, 0.25) is 0 Å². The van der Waals surface area contributed by atoms with Gasteiger partial charge in [0.05, 0.1) is 5.39 Å². The zero-order valence-electron chi connectivity index (χ0n) is 28.0. The third kappa shape index (κ3) is 7.51. The summed E-state index contributed by atoms with van der Waals surface area (Å²) in [6.45, 7) is 17.8. The maximum Gasteiger partial charge on any atom is 0.181 e. The molecular formula is C40H42IrNO4-. The van der Waals surface area contributed by atoms with Crippen LogP contribution in [0, 0.1) is 16.9 Å². The Morgan fingerprint density at radius 1 is 0.783 bits per heavy atom. The van der Waals surface area contributed by atoms with Gasteiger partial charge in [0, 0.05) is 60.5 Å². The van der Waals surface area contributed by atoms with Crippen LogP contribution < -0.4 is 0 Å². The molecule has 5 nitrogen and oxygen atoms in total. The van der Waals surface area contributed by atoms with Crippen LogP contribution >= 0.6 is 0 Å². The zero-order chi connectivity index (χ0) is 32.7. The van der Waals surface area contributed by atoms with Crippen LogP contribution in [0.5, 0.6) is 0 Å². The molecule has 0 saturated carbocycles. The Hall–Kier alpha value is -3.99. The molecule has 1 N–H and O–H groups in total. The minimum absolute atomic E-state index is 0. The van der Waals surface area contributed by atoms with Crippen molar-refractivity contribution in [3.63, 3.8) is 0 Å². The fourth-order valence-corrected chi connectivity index (χ4v) is 4.92. The van der Waals surface area contributed by atoms with Gasteiger partial charge in [0.1, 0.15) is 17.1 Å². The van der Waals surface area contributed by atoms with Crippen molar-refractivity contribution in [3.05, 3.63) is 102 Å². The van der Waals surface area contributed by atoms with Gasteiger partial charge in [-0.2, -0.15) is 0 Å². The summed E-state index contributed by atoms with van der Waals surface area (Å²) in [6, 6.07) is 28.1. The van der Waals surface area contributed by atoms with Gasteiger partial charge in [-0.25, -0.2) is 0 Å². The van der Waals surface area contributed by atoms with E-state index in [1.54, 1.807) is 0 Å². The van der Waals surface area contributed by atoms with E-state index in [-0.39, 0.29) is 42.5 Å². The zero-order valence-corrected chi connectivity index (χ0v) is 30.4. The van der Waals surface area contributed by atoms with Crippen LogP contribution in [0.3, 0.4) is 0 Å². The van der Waals surface area contributed by atoms with Crippen molar-refractivity contribution < 1.29 is 38.8 Å². The molecule has 0 bridgehead atoms. The van der Waals surface area contributed by atoms with Gasteiger partial charge in [-0.05, 0) is 23.6 Å². The number of fused-ring (bicyclic) bond motifs is 4. The number of benzene rings is 3. The topological polar surface area (TPSA) is 76.5 Å². The van der Waals surface area contributed by atoms with Gasteiger partial charge in [-0.1, -0.05) is 110 Å². The molecule has 46 heavy (non-hydrogen) atoms. The molecule has 0 aliphatic rings. The van der Waals surface area contributed by atoms with Crippen LogP contribution in [0.4, 0.5) is 0 Å². The molecule has 6 rings (SSSR count). The van der Waals surface area contributed by atoms with Crippen molar-refractivity contribution in [3.8, 4) is 22.6 Å². The summed E-state index contributed by atoms with van der Waals surface area (Å²) >= 11 is 0. The van der Waals surface area contributed by atoms with Gasteiger partial charge in [0.15, 0.2) is 16.9 Å². The standard InChI is InChI=1S/C29H22NO2.C11H20O2.Ir/c1-29(2,3)23-15-20(14-18-8-4-5-9-21(18)23)24-16-19(12-13-30-24)26-17-27-28(32-26)22-10-6-7-11-25(22)31-27;1-10(2,3)8(12)7-9(13)11(4,5)6;/h4-13,15-17H,1-3H3;7,12H,1-6H3;/q-1;;/b;8-7-;. The Labute approximate surface area is 285 Å². The maximum atomic E-state index is 11.5. The normalized spacial score (nSPS) is 12.6. The number of para-hydroxylation sites is 1. The van der Waals surface area contributed by atoms with E-state index in [1.165, 1.54) is 17.0 Å². The summed E-state index contributed by atoms with van der Waals surface area (Å²) in [5.74, 6) is 0.873. The van der Waals surface area contributed by atoms with Gasteiger partial charge in [-0.3, -0.25) is 9.78 Å². The monoisotopic (exact) mass is 793 g/mol. The predicted octanol–water partition coefficient (Wildman–Crippen LogP) is 11.2.